The lowest BCUT2D eigenvalue weighted by atomic mass is 9.92. The first kappa shape index (κ1) is 24.2. The van der Waals surface area contributed by atoms with Crippen molar-refractivity contribution in [3.8, 4) is 0 Å². The molecule has 2 rings (SSSR count). The smallest absolute Gasteiger partial charge is 0.313 e. The Kier molecular flexibility index (Phi) is 9.96. The zero-order chi connectivity index (χ0) is 21.4. The van der Waals surface area contributed by atoms with Gasteiger partial charge in [-0.1, -0.05) is 43.0 Å². The number of carbonyl (C=O) groups is 2. The van der Waals surface area contributed by atoms with Crippen LogP contribution in [0.3, 0.4) is 0 Å². The molecule has 0 amide bonds. The van der Waals surface area contributed by atoms with Gasteiger partial charge >= 0.3 is 5.97 Å². The highest BCUT2D eigenvalue weighted by Gasteiger charge is 2.41. The Morgan fingerprint density at radius 1 is 1.28 bits per heavy atom. The van der Waals surface area contributed by atoms with E-state index in [0.717, 1.165) is 31.2 Å². The van der Waals surface area contributed by atoms with E-state index in [4.69, 9.17) is 16.3 Å². The van der Waals surface area contributed by atoms with Crippen LogP contribution in [0.1, 0.15) is 56.9 Å². The van der Waals surface area contributed by atoms with Crippen molar-refractivity contribution in [2.75, 3.05) is 12.9 Å². The number of carbonyl (C=O) groups excluding carboxylic acids is 2. The molecule has 0 heterocycles. The topological polar surface area (TPSA) is 83.8 Å². The van der Waals surface area contributed by atoms with Gasteiger partial charge in [0.05, 0.1) is 25.2 Å². The van der Waals surface area contributed by atoms with E-state index in [-0.39, 0.29) is 35.3 Å². The lowest BCUT2D eigenvalue weighted by molar-refractivity contribution is -0.142. The van der Waals surface area contributed by atoms with Crippen molar-refractivity contribution < 1.29 is 24.5 Å². The first-order valence-electron chi connectivity index (χ1n) is 10.2. The van der Waals surface area contributed by atoms with Crippen LogP contribution in [0.25, 0.3) is 0 Å². The predicted octanol–water partition coefficient (Wildman–Crippen LogP) is 3.98. The minimum Gasteiger partial charge on any atom is -0.469 e. The number of rotatable bonds is 11. The fourth-order valence-corrected chi connectivity index (χ4v) is 5.34. The Labute approximate surface area is 182 Å². The molecule has 0 saturated heterocycles. The normalized spacial score (nSPS) is 23.8. The number of ether oxygens (including phenoxy) is 1. The summed E-state index contributed by atoms with van der Waals surface area (Å²) in [5, 5.41) is 20.2. The second kappa shape index (κ2) is 11.9. The number of Topliss-reactive ketones (excluding diaryl/α,β-unsaturated/α-hetero) is 1. The molecular weight excluding hydrogens is 412 g/mol. The Morgan fingerprint density at radius 2 is 1.97 bits per heavy atom. The van der Waals surface area contributed by atoms with Gasteiger partial charge in [-0.3, -0.25) is 9.59 Å². The van der Waals surface area contributed by atoms with Crippen molar-refractivity contribution in [1.82, 2.24) is 0 Å². The average molecular weight is 443 g/mol. The van der Waals surface area contributed by atoms with Crippen LogP contribution in [-0.2, 0) is 14.3 Å². The molecule has 29 heavy (non-hydrogen) atoms. The minimum absolute atomic E-state index is 0.120. The third-order valence-electron chi connectivity index (χ3n) is 5.40. The molecular formula is C22H31ClO5S. The number of esters is 1. The molecule has 1 aromatic carbocycles. The largest absolute Gasteiger partial charge is 0.469 e. The maximum absolute atomic E-state index is 12.2. The fraction of sp³-hybridized carbons (Fsp3) is 0.636. The van der Waals surface area contributed by atoms with Crippen LogP contribution in [-0.4, -0.2) is 52.3 Å². The van der Waals surface area contributed by atoms with Crippen molar-refractivity contribution in [2.24, 2.45) is 5.92 Å². The number of methoxy groups -OCH3 is 1. The number of unbranched alkanes of at least 4 members (excludes halogenated alkanes) is 2. The lowest BCUT2D eigenvalue weighted by Crippen LogP contribution is -2.25. The first-order valence-corrected chi connectivity index (χ1v) is 11.6. The Balaban J connectivity index is 1.82. The van der Waals surface area contributed by atoms with Crippen LogP contribution < -0.4 is 0 Å². The van der Waals surface area contributed by atoms with Crippen molar-refractivity contribution >= 4 is 35.1 Å². The molecule has 1 saturated carbocycles. The second-order valence-electron chi connectivity index (χ2n) is 7.76. The quantitative estimate of drug-likeness (QED) is 0.398. The van der Waals surface area contributed by atoms with E-state index >= 15 is 0 Å². The van der Waals surface area contributed by atoms with E-state index in [9.17, 15) is 19.8 Å². The summed E-state index contributed by atoms with van der Waals surface area (Å²) in [6, 6.07) is 7.25. The number of aliphatic hydroxyl groups excluding tert-OH is 2. The number of benzene rings is 1. The van der Waals surface area contributed by atoms with Crippen LogP contribution in [0.4, 0.5) is 0 Å². The van der Waals surface area contributed by atoms with Crippen molar-refractivity contribution in [3.63, 3.8) is 0 Å². The number of halogens is 1. The van der Waals surface area contributed by atoms with Gasteiger partial charge < -0.3 is 14.9 Å². The zero-order valence-electron chi connectivity index (χ0n) is 17.1. The standard InChI is InChI=1S/C22H31ClO5S/c1-14(24)13-29-21-18(19(25)12-20(21)26)7-5-3-4-6-17(22(27)28-2)15-8-10-16(23)11-9-15/h8-11,14,17-18,20-21,24,26H,3-7,12-13H2,1-2H3/t14?,17?,18-,20?,21+/m0/s1. The van der Waals surface area contributed by atoms with Gasteiger partial charge in [-0.05, 0) is 37.5 Å². The molecule has 2 N–H and O–H groups in total. The molecule has 1 aromatic rings. The maximum Gasteiger partial charge on any atom is 0.313 e. The van der Waals surface area contributed by atoms with Crippen molar-refractivity contribution in [2.45, 2.75) is 68.8 Å². The van der Waals surface area contributed by atoms with Gasteiger partial charge in [0, 0.05) is 28.4 Å². The van der Waals surface area contributed by atoms with Gasteiger partial charge in [-0.2, -0.15) is 11.8 Å². The van der Waals surface area contributed by atoms with Gasteiger partial charge in [-0.25, -0.2) is 0 Å². The molecule has 1 aliphatic rings. The second-order valence-corrected chi connectivity index (χ2v) is 9.40. The average Bonchev–Trinajstić information content (AvgIpc) is 2.95. The summed E-state index contributed by atoms with van der Waals surface area (Å²) in [6.45, 7) is 1.71. The van der Waals surface area contributed by atoms with Gasteiger partial charge in [0.25, 0.3) is 0 Å². The summed E-state index contributed by atoms with van der Waals surface area (Å²) in [5.74, 6) is -0.0823. The van der Waals surface area contributed by atoms with Gasteiger partial charge in [-0.15, -0.1) is 0 Å². The van der Waals surface area contributed by atoms with E-state index in [1.165, 1.54) is 18.9 Å². The Hall–Kier alpha value is -1.08. The highest BCUT2D eigenvalue weighted by Crippen LogP contribution is 2.36. The molecule has 1 aliphatic carbocycles. The van der Waals surface area contributed by atoms with Crippen LogP contribution in [0.2, 0.25) is 5.02 Å². The molecule has 3 unspecified atom stereocenters. The monoisotopic (exact) mass is 442 g/mol. The number of hydrogen-bond acceptors (Lipinski definition) is 6. The molecule has 0 spiro atoms. The lowest BCUT2D eigenvalue weighted by Gasteiger charge is -2.21. The number of ketones is 1. The van der Waals surface area contributed by atoms with Crippen molar-refractivity contribution in [3.05, 3.63) is 34.9 Å². The first-order chi connectivity index (χ1) is 13.8. The highest BCUT2D eigenvalue weighted by molar-refractivity contribution is 8.00. The third kappa shape index (κ3) is 7.28. The van der Waals surface area contributed by atoms with Crippen LogP contribution in [0.15, 0.2) is 24.3 Å². The molecule has 1 fully saturated rings. The summed E-state index contributed by atoms with van der Waals surface area (Å²) in [5.41, 5.74) is 0.893. The maximum atomic E-state index is 12.2. The minimum atomic E-state index is -0.621. The molecule has 7 heteroatoms. The summed E-state index contributed by atoms with van der Waals surface area (Å²) >= 11 is 7.43. The highest BCUT2D eigenvalue weighted by atomic mass is 35.5. The van der Waals surface area contributed by atoms with Gasteiger partial charge in [0.1, 0.15) is 5.78 Å². The molecule has 0 bridgehead atoms. The zero-order valence-corrected chi connectivity index (χ0v) is 18.6. The third-order valence-corrected chi connectivity index (χ3v) is 7.35. The van der Waals surface area contributed by atoms with E-state index in [2.05, 4.69) is 0 Å². The fourth-order valence-electron chi connectivity index (χ4n) is 3.88. The number of aliphatic hydroxyl groups is 2. The van der Waals surface area contributed by atoms with Crippen LogP contribution in [0, 0.1) is 5.92 Å². The van der Waals surface area contributed by atoms with E-state index in [1.54, 1.807) is 19.1 Å². The molecule has 0 aliphatic heterocycles. The van der Waals surface area contributed by atoms with E-state index < -0.39 is 12.2 Å². The van der Waals surface area contributed by atoms with Crippen molar-refractivity contribution in [1.29, 1.82) is 0 Å². The summed E-state index contributed by atoms with van der Waals surface area (Å²) in [4.78, 5) is 24.4. The van der Waals surface area contributed by atoms with Gasteiger partial charge in [0.2, 0.25) is 0 Å². The molecule has 5 nitrogen and oxygen atoms in total. The Bertz CT molecular complexity index is 664. The number of hydrogen-bond donors (Lipinski definition) is 2. The molecule has 0 aromatic heterocycles. The van der Waals surface area contributed by atoms with Crippen LogP contribution in [0.5, 0.6) is 0 Å². The Morgan fingerprint density at radius 3 is 2.59 bits per heavy atom. The van der Waals surface area contributed by atoms with Gasteiger partial charge in [0.15, 0.2) is 0 Å². The van der Waals surface area contributed by atoms with Crippen LogP contribution >= 0.6 is 23.4 Å². The molecule has 162 valence electrons. The predicted molar refractivity (Wildman–Crippen MR) is 116 cm³/mol. The summed E-state index contributed by atoms with van der Waals surface area (Å²) in [6.07, 6.45) is 3.16. The summed E-state index contributed by atoms with van der Waals surface area (Å²) in [7, 11) is 1.40. The number of thioether (sulfide) groups is 1. The molecule has 0 radical (unpaired) electrons. The van der Waals surface area contributed by atoms with E-state index in [0.29, 0.717) is 17.2 Å². The summed E-state index contributed by atoms with van der Waals surface area (Å²) < 4.78 is 4.95. The molecule has 5 atom stereocenters. The SMILES string of the molecule is COC(=O)C(CCCCC[C@H]1C(=O)CC(O)[C@@H]1SCC(C)O)c1ccc(Cl)cc1. The van der Waals surface area contributed by atoms with E-state index in [1.807, 2.05) is 12.1 Å².